The number of hydrogen-bond acceptors (Lipinski definition) is 10. The van der Waals surface area contributed by atoms with E-state index in [-0.39, 0.29) is 5.57 Å². The summed E-state index contributed by atoms with van der Waals surface area (Å²) in [4.78, 5) is 39.7. The molecule has 5 aliphatic rings. The molecule has 228 valence electrons. The average Bonchev–Trinajstić information content (AvgIpc) is 3.76. The van der Waals surface area contributed by atoms with Crippen LogP contribution in [-0.2, 0) is 28.6 Å². The van der Waals surface area contributed by atoms with Gasteiger partial charge in [-0.3, -0.25) is 4.79 Å². The van der Waals surface area contributed by atoms with Gasteiger partial charge in [0.1, 0.15) is 17.8 Å². The van der Waals surface area contributed by atoms with E-state index in [4.69, 9.17) is 14.2 Å². The quantitative estimate of drug-likeness (QED) is 0.149. The number of ketones is 1. The molecule has 5 rings (SSSR count). The van der Waals surface area contributed by atoms with Crippen molar-refractivity contribution in [3.63, 3.8) is 0 Å². The van der Waals surface area contributed by atoms with Gasteiger partial charge in [-0.05, 0) is 26.3 Å². The highest BCUT2D eigenvalue weighted by molar-refractivity contribution is 6.05. The van der Waals surface area contributed by atoms with Gasteiger partial charge in [0.2, 0.25) is 0 Å². The molecule has 0 aromatic carbocycles. The van der Waals surface area contributed by atoms with Crippen LogP contribution in [0.1, 0.15) is 41.5 Å². The van der Waals surface area contributed by atoms with E-state index in [1.165, 1.54) is 37.3 Å². The molecule has 10 nitrogen and oxygen atoms in total. The van der Waals surface area contributed by atoms with Crippen LogP contribution >= 0.6 is 0 Å². The molecule has 1 aliphatic heterocycles. The Hall–Kier alpha value is -2.89. The molecule has 0 spiro atoms. The Balaban J connectivity index is 1.70. The van der Waals surface area contributed by atoms with Gasteiger partial charge in [-0.15, -0.1) is 0 Å². The van der Waals surface area contributed by atoms with Crippen LogP contribution in [-0.4, -0.2) is 85.5 Å². The SMILES string of the molecule is C/C=C/C=C/C(=O)OC1[C@@H](C)C2(O)[C@@H]3C=C(C)C(=O)C3(O)C(O)C3(CO)OC3[C@H]2[C@H]2C(C)(C)C12OC(=O)/C=C/C=C/C. The molecule has 11 atom stereocenters. The summed E-state index contributed by atoms with van der Waals surface area (Å²) in [7, 11) is 0. The number of aliphatic hydroxyl groups excluding tert-OH is 2. The second kappa shape index (κ2) is 9.82. The molecular weight excluding hydrogens is 544 g/mol. The molecule has 0 radical (unpaired) electrons. The van der Waals surface area contributed by atoms with E-state index in [9.17, 15) is 34.8 Å². The predicted molar refractivity (Wildman–Crippen MR) is 149 cm³/mol. The normalized spacial score (nSPS) is 46.7. The van der Waals surface area contributed by atoms with E-state index in [1.807, 2.05) is 13.8 Å². The Kier molecular flexibility index (Phi) is 7.15. The smallest absolute Gasteiger partial charge is 0.331 e. The summed E-state index contributed by atoms with van der Waals surface area (Å²) in [6.45, 7) is 9.61. The number of aliphatic hydroxyl groups is 4. The standard InChI is InChI=1S/C32H40O10/c1-7-9-11-13-20(34)40-25-18(4)30(38)19-15-17(3)24(36)31(19,39)27(37)29(16-33)26(42-29)22(30)23-28(5,6)32(23,25)41-21(35)14-12-10-8-2/h7-15,18-19,22-23,25-27,33,37-39H,16H2,1-6H3/b9-7+,10-8+,13-11+,14-12+/t18-,19+,22-,23+,25?,26?,27?,29?,30?,31?,32?/m1/s1. The number of carbonyl (C=O) groups excluding carboxylic acids is 3. The number of Topliss-reactive ketones (excluding diaryl/α,β-unsaturated/α-hetero) is 1. The first kappa shape index (κ1) is 30.6. The topological polar surface area (TPSA) is 163 Å². The van der Waals surface area contributed by atoms with Crippen molar-refractivity contribution < 1.29 is 49.0 Å². The maximum Gasteiger partial charge on any atom is 0.331 e. The van der Waals surface area contributed by atoms with E-state index in [0.29, 0.717) is 0 Å². The van der Waals surface area contributed by atoms with Crippen molar-refractivity contribution in [2.75, 3.05) is 6.61 Å². The van der Waals surface area contributed by atoms with Gasteiger partial charge in [0.15, 0.2) is 17.0 Å². The third-order valence-corrected chi connectivity index (χ3v) is 10.6. The van der Waals surface area contributed by atoms with Gasteiger partial charge in [0.05, 0.1) is 18.3 Å². The van der Waals surface area contributed by atoms with Gasteiger partial charge in [0, 0.05) is 41.2 Å². The molecule has 10 heteroatoms. The highest BCUT2D eigenvalue weighted by Crippen LogP contribution is 2.79. The van der Waals surface area contributed by atoms with Crippen LogP contribution in [0.2, 0.25) is 0 Å². The molecule has 1 saturated heterocycles. The minimum absolute atomic E-state index is 0.142. The van der Waals surface area contributed by atoms with Crippen LogP contribution in [0.15, 0.2) is 60.3 Å². The zero-order valence-electron chi connectivity index (χ0n) is 24.7. The van der Waals surface area contributed by atoms with E-state index < -0.39 is 94.1 Å². The van der Waals surface area contributed by atoms with Crippen molar-refractivity contribution in [3.05, 3.63) is 60.3 Å². The van der Waals surface area contributed by atoms with Crippen molar-refractivity contribution in [1.82, 2.24) is 0 Å². The lowest BCUT2D eigenvalue weighted by Crippen LogP contribution is -2.69. The zero-order valence-corrected chi connectivity index (χ0v) is 24.7. The van der Waals surface area contributed by atoms with E-state index >= 15 is 0 Å². The van der Waals surface area contributed by atoms with Crippen LogP contribution in [0.4, 0.5) is 0 Å². The Morgan fingerprint density at radius 2 is 1.64 bits per heavy atom. The van der Waals surface area contributed by atoms with Crippen LogP contribution in [0.5, 0.6) is 0 Å². The molecule has 1 heterocycles. The average molecular weight is 585 g/mol. The minimum atomic E-state index is -2.51. The molecule has 4 fully saturated rings. The summed E-state index contributed by atoms with van der Waals surface area (Å²) in [5.41, 5.74) is -8.43. The summed E-state index contributed by atoms with van der Waals surface area (Å²) in [5, 5.41) is 46.8. The van der Waals surface area contributed by atoms with Gasteiger partial charge >= 0.3 is 11.9 Å². The molecule has 0 amide bonds. The molecule has 0 bridgehead atoms. The fourth-order valence-corrected chi connectivity index (χ4v) is 8.52. The molecule has 0 aromatic heterocycles. The summed E-state index contributed by atoms with van der Waals surface area (Å²) in [6, 6.07) is 0. The fraction of sp³-hybridized carbons (Fsp3) is 0.594. The van der Waals surface area contributed by atoms with Gasteiger partial charge in [-0.25, -0.2) is 9.59 Å². The number of allylic oxidation sites excluding steroid dienone is 6. The van der Waals surface area contributed by atoms with Gasteiger partial charge in [-0.2, -0.15) is 0 Å². The van der Waals surface area contributed by atoms with Gasteiger partial charge in [0.25, 0.3) is 0 Å². The van der Waals surface area contributed by atoms with Crippen molar-refractivity contribution in [2.24, 2.45) is 29.1 Å². The summed E-state index contributed by atoms with van der Waals surface area (Å²) >= 11 is 0. The number of epoxide rings is 1. The maximum atomic E-state index is 13.4. The first-order chi connectivity index (χ1) is 19.7. The Morgan fingerprint density at radius 3 is 2.21 bits per heavy atom. The van der Waals surface area contributed by atoms with Crippen molar-refractivity contribution >= 4 is 17.7 Å². The Labute approximate surface area is 245 Å². The number of hydrogen-bond donors (Lipinski definition) is 4. The number of esters is 2. The van der Waals surface area contributed by atoms with Crippen LogP contribution < -0.4 is 0 Å². The predicted octanol–water partition coefficient (Wildman–Crippen LogP) is 1.48. The molecule has 0 aromatic rings. The molecular formula is C32H40O10. The van der Waals surface area contributed by atoms with Crippen molar-refractivity contribution in [2.45, 2.75) is 82.3 Å². The zero-order chi connectivity index (χ0) is 31.0. The highest BCUT2D eigenvalue weighted by atomic mass is 16.6. The minimum Gasteiger partial charge on any atom is -0.455 e. The summed E-state index contributed by atoms with van der Waals surface area (Å²) < 4.78 is 18.2. The lowest BCUT2D eigenvalue weighted by Gasteiger charge is -2.53. The third-order valence-electron chi connectivity index (χ3n) is 10.6. The Morgan fingerprint density at radius 1 is 1.05 bits per heavy atom. The summed E-state index contributed by atoms with van der Waals surface area (Å²) in [5.74, 6) is -6.21. The number of fused-ring (bicyclic) bond motifs is 7. The van der Waals surface area contributed by atoms with E-state index in [1.54, 1.807) is 45.1 Å². The van der Waals surface area contributed by atoms with Gasteiger partial charge < -0.3 is 34.6 Å². The largest absolute Gasteiger partial charge is 0.455 e. The Bertz CT molecular complexity index is 1340. The van der Waals surface area contributed by atoms with Crippen molar-refractivity contribution in [3.8, 4) is 0 Å². The third kappa shape index (κ3) is 3.65. The van der Waals surface area contributed by atoms with Crippen LogP contribution in [0.3, 0.4) is 0 Å². The van der Waals surface area contributed by atoms with E-state index in [2.05, 4.69) is 0 Å². The second-order valence-corrected chi connectivity index (χ2v) is 12.8. The first-order valence-corrected chi connectivity index (χ1v) is 14.3. The van der Waals surface area contributed by atoms with Crippen molar-refractivity contribution in [1.29, 1.82) is 0 Å². The lowest BCUT2D eigenvalue weighted by molar-refractivity contribution is -0.243. The monoisotopic (exact) mass is 584 g/mol. The highest BCUT2D eigenvalue weighted by Gasteiger charge is 2.93. The van der Waals surface area contributed by atoms with Crippen LogP contribution in [0, 0.1) is 29.1 Å². The molecule has 42 heavy (non-hydrogen) atoms. The van der Waals surface area contributed by atoms with Gasteiger partial charge in [-0.1, -0.05) is 63.3 Å². The molecule has 3 saturated carbocycles. The van der Waals surface area contributed by atoms with Crippen LogP contribution in [0.25, 0.3) is 0 Å². The number of ether oxygens (including phenoxy) is 3. The molecule has 4 aliphatic carbocycles. The number of carbonyl (C=O) groups is 3. The summed E-state index contributed by atoms with van der Waals surface area (Å²) in [6.07, 6.45) is 9.64. The molecule has 7 unspecified atom stereocenters. The lowest BCUT2D eigenvalue weighted by atomic mass is 9.58. The fourth-order valence-electron chi connectivity index (χ4n) is 8.52. The molecule has 4 N–H and O–H groups in total. The first-order valence-electron chi connectivity index (χ1n) is 14.3. The number of rotatable bonds is 7. The second-order valence-electron chi connectivity index (χ2n) is 12.8. The maximum absolute atomic E-state index is 13.4. The van der Waals surface area contributed by atoms with E-state index in [0.717, 1.165) is 0 Å².